The number of nitrogens with zero attached hydrogens (tertiary/aromatic N) is 4. The molecule has 2 aromatic heterocycles. The summed E-state index contributed by atoms with van der Waals surface area (Å²) in [6.07, 6.45) is 1.87. The third-order valence-electron chi connectivity index (χ3n) is 5.11. The standard InChI is InChI=1S/C20H21ClN4O3/c1-11(2)15-12(3)16(28-20(26)13-7-5-4-6-8-13)19(27-15)25-10-24-14-17(21)22-9-23-18(14)25/h4-12,15-16,19H,1-3H3/t12-,15-,16-,19-/m1/s1. The monoisotopic (exact) mass is 400 g/mol. The lowest BCUT2D eigenvalue weighted by Crippen LogP contribution is -2.31. The molecule has 0 spiro atoms. The number of fused-ring (bicyclic) bond motifs is 1. The molecule has 7 nitrogen and oxygen atoms in total. The molecule has 4 atom stereocenters. The Kier molecular flexibility index (Phi) is 5.03. The highest BCUT2D eigenvalue weighted by molar-refractivity contribution is 6.33. The van der Waals surface area contributed by atoms with Crippen molar-refractivity contribution >= 4 is 28.7 Å². The third-order valence-corrected chi connectivity index (χ3v) is 5.39. The molecule has 1 saturated heterocycles. The van der Waals surface area contributed by atoms with Crippen molar-refractivity contribution in [3.63, 3.8) is 0 Å². The molecule has 0 radical (unpaired) electrons. The summed E-state index contributed by atoms with van der Waals surface area (Å²) in [5, 5.41) is 0.271. The van der Waals surface area contributed by atoms with E-state index in [1.807, 2.05) is 25.1 Å². The van der Waals surface area contributed by atoms with Gasteiger partial charge in [0.1, 0.15) is 11.8 Å². The van der Waals surface area contributed by atoms with Gasteiger partial charge in [0.25, 0.3) is 0 Å². The maximum absolute atomic E-state index is 12.7. The zero-order valence-electron chi connectivity index (χ0n) is 15.8. The number of aromatic nitrogens is 4. The Bertz CT molecular complexity index is 992. The largest absolute Gasteiger partial charge is 0.454 e. The van der Waals surface area contributed by atoms with Gasteiger partial charge >= 0.3 is 5.97 Å². The van der Waals surface area contributed by atoms with Crippen LogP contribution in [0.15, 0.2) is 43.0 Å². The zero-order chi connectivity index (χ0) is 19.8. The van der Waals surface area contributed by atoms with E-state index in [0.717, 1.165) is 0 Å². The van der Waals surface area contributed by atoms with Gasteiger partial charge in [-0.1, -0.05) is 50.6 Å². The van der Waals surface area contributed by atoms with Crippen LogP contribution >= 0.6 is 11.6 Å². The van der Waals surface area contributed by atoms with Crippen LogP contribution in [0.4, 0.5) is 0 Å². The number of imidazole rings is 1. The smallest absolute Gasteiger partial charge is 0.338 e. The van der Waals surface area contributed by atoms with Crippen LogP contribution in [0.2, 0.25) is 5.15 Å². The number of carbonyl (C=O) groups is 1. The molecule has 8 heteroatoms. The molecule has 1 fully saturated rings. The zero-order valence-corrected chi connectivity index (χ0v) is 16.6. The number of halogens is 1. The second-order valence-electron chi connectivity index (χ2n) is 7.32. The Balaban J connectivity index is 1.70. The van der Waals surface area contributed by atoms with Gasteiger partial charge in [0.05, 0.1) is 18.0 Å². The van der Waals surface area contributed by atoms with Crippen LogP contribution in [0, 0.1) is 11.8 Å². The Hall–Kier alpha value is -2.51. The van der Waals surface area contributed by atoms with Crippen LogP contribution in [0.1, 0.15) is 37.4 Å². The van der Waals surface area contributed by atoms with Crippen LogP contribution in [-0.2, 0) is 9.47 Å². The SMILES string of the molecule is CC(C)[C@H]1O[C@@H](n2cnc3c(Cl)ncnc32)[C@H](OC(=O)c2ccccc2)[C@@H]1C. The molecule has 1 aromatic carbocycles. The molecule has 0 unspecified atom stereocenters. The summed E-state index contributed by atoms with van der Waals surface area (Å²) in [6, 6.07) is 8.94. The van der Waals surface area contributed by atoms with E-state index in [1.165, 1.54) is 6.33 Å². The van der Waals surface area contributed by atoms with Crippen molar-refractivity contribution in [3.8, 4) is 0 Å². The molecule has 4 rings (SSSR count). The van der Waals surface area contributed by atoms with Gasteiger partial charge in [0.2, 0.25) is 0 Å². The highest BCUT2D eigenvalue weighted by Gasteiger charge is 2.47. The maximum Gasteiger partial charge on any atom is 0.338 e. The molecule has 146 valence electrons. The van der Waals surface area contributed by atoms with Crippen LogP contribution in [-0.4, -0.2) is 37.7 Å². The Morgan fingerprint density at radius 1 is 1.21 bits per heavy atom. The van der Waals surface area contributed by atoms with Crippen LogP contribution < -0.4 is 0 Å². The van der Waals surface area contributed by atoms with Gasteiger partial charge in [-0.15, -0.1) is 0 Å². The molecule has 0 amide bonds. The van der Waals surface area contributed by atoms with Crippen LogP contribution in [0.3, 0.4) is 0 Å². The Labute approximate surface area is 167 Å². The number of hydrogen-bond acceptors (Lipinski definition) is 6. The van der Waals surface area contributed by atoms with E-state index < -0.39 is 12.3 Å². The van der Waals surface area contributed by atoms with Gasteiger partial charge in [-0.05, 0) is 18.1 Å². The molecular formula is C20H21ClN4O3. The van der Waals surface area contributed by atoms with Crippen molar-refractivity contribution in [2.75, 3.05) is 0 Å². The maximum atomic E-state index is 12.7. The first-order chi connectivity index (χ1) is 13.5. The topological polar surface area (TPSA) is 79.1 Å². The number of carbonyl (C=O) groups excluding carboxylic acids is 1. The Morgan fingerprint density at radius 2 is 1.96 bits per heavy atom. The van der Waals surface area contributed by atoms with E-state index >= 15 is 0 Å². The van der Waals surface area contributed by atoms with Crippen molar-refractivity contribution in [2.24, 2.45) is 11.8 Å². The molecule has 28 heavy (non-hydrogen) atoms. The van der Waals surface area contributed by atoms with Gasteiger partial charge in [0.15, 0.2) is 23.1 Å². The summed E-state index contributed by atoms with van der Waals surface area (Å²) < 4.78 is 14.0. The lowest BCUT2D eigenvalue weighted by Gasteiger charge is -2.23. The molecular weight excluding hydrogens is 380 g/mol. The molecule has 1 aliphatic rings. The minimum absolute atomic E-state index is 0.00702. The predicted octanol–water partition coefficient (Wildman–Crippen LogP) is 3.89. The normalized spacial score (nSPS) is 24.8. The summed E-state index contributed by atoms with van der Waals surface area (Å²) in [6.45, 7) is 6.21. The van der Waals surface area contributed by atoms with Crippen molar-refractivity contribution in [3.05, 3.63) is 53.7 Å². The fourth-order valence-corrected chi connectivity index (χ4v) is 3.92. The minimum Gasteiger partial charge on any atom is -0.454 e. The number of hydrogen-bond donors (Lipinski definition) is 0. The van der Waals surface area contributed by atoms with Gasteiger partial charge in [-0.25, -0.2) is 19.7 Å². The Morgan fingerprint density at radius 3 is 2.68 bits per heavy atom. The van der Waals surface area contributed by atoms with E-state index in [9.17, 15) is 4.79 Å². The second kappa shape index (κ2) is 7.48. The fourth-order valence-electron chi connectivity index (χ4n) is 3.74. The van der Waals surface area contributed by atoms with Crippen LogP contribution in [0.25, 0.3) is 11.2 Å². The number of benzene rings is 1. The first-order valence-electron chi connectivity index (χ1n) is 9.22. The summed E-state index contributed by atoms with van der Waals surface area (Å²) in [5.41, 5.74) is 1.53. The van der Waals surface area contributed by atoms with Crippen molar-refractivity contribution in [1.29, 1.82) is 0 Å². The number of ether oxygens (including phenoxy) is 2. The van der Waals surface area contributed by atoms with Gasteiger partial charge in [-0.2, -0.15) is 0 Å². The van der Waals surface area contributed by atoms with E-state index in [-0.39, 0.29) is 29.1 Å². The number of esters is 1. The molecule has 1 aliphatic heterocycles. The summed E-state index contributed by atoms with van der Waals surface area (Å²) in [7, 11) is 0. The summed E-state index contributed by atoms with van der Waals surface area (Å²) in [4.78, 5) is 25.3. The van der Waals surface area contributed by atoms with E-state index in [0.29, 0.717) is 16.7 Å². The molecule has 0 N–H and O–H groups in total. The average Bonchev–Trinajstić information content (AvgIpc) is 3.25. The quantitative estimate of drug-likeness (QED) is 0.488. The van der Waals surface area contributed by atoms with Crippen molar-refractivity contribution in [1.82, 2.24) is 19.5 Å². The third kappa shape index (κ3) is 3.25. The van der Waals surface area contributed by atoms with E-state index in [2.05, 4.69) is 28.8 Å². The van der Waals surface area contributed by atoms with E-state index in [4.69, 9.17) is 21.1 Å². The van der Waals surface area contributed by atoms with E-state index in [1.54, 1.807) is 23.0 Å². The van der Waals surface area contributed by atoms with Gasteiger partial charge in [0, 0.05) is 5.92 Å². The highest BCUT2D eigenvalue weighted by Crippen LogP contribution is 2.40. The van der Waals surface area contributed by atoms with Crippen molar-refractivity contribution in [2.45, 2.75) is 39.2 Å². The fraction of sp³-hybridized carbons (Fsp3) is 0.400. The average molecular weight is 401 g/mol. The lowest BCUT2D eigenvalue weighted by molar-refractivity contribution is -0.0553. The first-order valence-corrected chi connectivity index (χ1v) is 9.59. The first kappa shape index (κ1) is 18.8. The van der Waals surface area contributed by atoms with Crippen LogP contribution in [0.5, 0.6) is 0 Å². The predicted molar refractivity (Wildman–Crippen MR) is 104 cm³/mol. The van der Waals surface area contributed by atoms with Gasteiger partial charge < -0.3 is 9.47 Å². The molecule has 0 bridgehead atoms. The second-order valence-corrected chi connectivity index (χ2v) is 7.68. The summed E-state index contributed by atoms with van der Waals surface area (Å²) >= 11 is 6.13. The molecule has 0 aliphatic carbocycles. The minimum atomic E-state index is -0.550. The molecule has 3 aromatic rings. The van der Waals surface area contributed by atoms with Gasteiger partial charge in [-0.3, -0.25) is 4.57 Å². The van der Waals surface area contributed by atoms with Crippen molar-refractivity contribution < 1.29 is 14.3 Å². The lowest BCUT2D eigenvalue weighted by atomic mass is 9.92. The molecule has 3 heterocycles. The number of rotatable bonds is 4. The molecule has 0 saturated carbocycles. The highest BCUT2D eigenvalue weighted by atomic mass is 35.5. The summed E-state index contributed by atoms with van der Waals surface area (Å²) in [5.74, 6) is -0.133.